The van der Waals surface area contributed by atoms with Gasteiger partial charge in [-0.3, -0.25) is 0 Å². The van der Waals surface area contributed by atoms with E-state index in [0.717, 1.165) is 32.1 Å². The largest absolute Gasteiger partial charge is 0.348 e. The van der Waals surface area contributed by atoms with E-state index in [0.29, 0.717) is 36.3 Å². The molecule has 3 aromatic rings. The summed E-state index contributed by atoms with van der Waals surface area (Å²) in [5.41, 5.74) is 1.45. The summed E-state index contributed by atoms with van der Waals surface area (Å²) in [4.78, 5) is 0. The number of hydrogen-bond acceptors (Lipinski definition) is 2. The van der Waals surface area contributed by atoms with Crippen molar-refractivity contribution in [1.82, 2.24) is 0 Å². The Hall–Kier alpha value is -2.96. The van der Waals surface area contributed by atoms with Crippen LogP contribution in [0.1, 0.15) is 63.4 Å². The summed E-state index contributed by atoms with van der Waals surface area (Å²) in [6.45, 7) is 4.86. The van der Waals surface area contributed by atoms with Gasteiger partial charge in [0.15, 0.2) is 29.6 Å². The average Bonchev–Trinajstić information content (AvgIpc) is 2.94. The van der Waals surface area contributed by atoms with Crippen molar-refractivity contribution >= 4 is 0 Å². The van der Waals surface area contributed by atoms with Crippen molar-refractivity contribution in [3.8, 4) is 22.3 Å². The molecule has 202 valence electrons. The highest BCUT2D eigenvalue weighted by molar-refractivity contribution is 5.71. The predicted molar refractivity (Wildman–Crippen MR) is 143 cm³/mol. The van der Waals surface area contributed by atoms with Gasteiger partial charge in [0, 0.05) is 22.6 Å². The normalized spacial score (nSPS) is 17.8. The molecule has 3 aromatic carbocycles. The van der Waals surface area contributed by atoms with Crippen molar-refractivity contribution in [2.45, 2.75) is 58.7 Å². The Bertz CT molecular complexity index is 1250. The number of unbranched alkanes of at least 4 members (excludes halogenated alkanes) is 2. The van der Waals surface area contributed by atoms with E-state index in [-0.39, 0.29) is 22.6 Å². The summed E-state index contributed by atoms with van der Waals surface area (Å²) in [6, 6.07) is 12.4. The van der Waals surface area contributed by atoms with Crippen LogP contribution < -0.4 is 0 Å². The Balaban J connectivity index is 1.48. The van der Waals surface area contributed by atoms with E-state index in [4.69, 9.17) is 9.47 Å². The van der Waals surface area contributed by atoms with E-state index in [2.05, 4.69) is 13.0 Å². The monoisotopic (exact) mass is 526 g/mol. The zero-order chi connectivity index (χ0) is 27.1. The molecule has 0 spiro atoms. The fraction of sp³-hybridized carbons (Fsp3) is 0.375. The van der Waals surface area contributed by atoms with Gasteiger partial charge in [0.1, 0.15) is 0 Å². The van der Waals surface area contributed by atoms with Gasteiger partial charge in [-0.25, -0.2) is 17.6 Å². The molecule has 0 unspecified atom stereocenters. The molecule has 0 aliphatic carbocycles. The van der Waals surface area contributed by atoms with Gasteiger partial charge in [-0.2, -0.15) is 0 Å². The van der Waals surface area contributed by atoms with Crippen molar-refractivity contribution in [3.05, 3.63) is 95.1 Å². The van der Waals surface area contributed by atoms with Crippen molar-refractivity contribution in [1.29, 1.82) is 0 Å². The van der Waals surface area contributed by atoms with Gasteiger partial charge in [0.25, 0.3) is 0 Å². The molecule has 0 aromatic heterocycles. The maximum atomic E-state index is 15.1. The Kier molecular flexibility index (Phi) is 9.75. The van der Waals surface area contributed by atoms with Crippen LogP contribution >= 0.6 is 0 Å². The molecule has 0 atom stereocenters. The summed E-state index contributed by atoms with van der Waals surface area (Å²) < 4.78 is 70.9. The Labute approximate surface area is 222 Å². The zero-order valence-corrected chi connectivity index (χ0v) is 21.9. The summed E-state index contributed by atoms with van der Waals surface area (Å²) in [5, 5.41) is 0. The Morgan fingerprint density at radius 1 is 0.763 bits per heavy atom. The van der Waals surface area contributed by atoms with Crippen LogP contribution in [0.4, 0.5) is 17.6 Å². The standard InChI is InChI=1S/C32H34F4O2/c1-3-5-7-9-21-19-37-32(38-20-21)27-18-17-26(30(35)31(27)36)23-13-11-22(12-14-23)25-16-15-24(10-8-6-4-2)28(33)29(25)34/h3,5,11-18,21,32H,4,6-10,19-20H2,1-2H3/b5-3+. The molecule has 0 N–H and O–H groups in total. The minimum Gasteiger partial charge on any atom is -0.348 e. The first-order valence-corrected chi connectivity index (χ1v) is 13.3. The topological polar surface area (TPSA) is 18.5 Å². The number of halogens is 4. The molecule has 0 saturated carbocycles. The number of ether oxygens (including phenoxy) is 2. The van der Waals surface area contributed by atoms with Gasteiger partial charge in [0.2, 0.25) is 0 Å². The van der Waals surface area contributed by atoms with Crippen LogP contribution in [-0.4, -0.2) is 13.2 Å². The molecule has 2 nitrogen and oxygen atoms in total. The molecule has 1 heterocycles. The second kappa shape index (κ2) is 13.2. The maximum absolute atomic E-state index is 15.1. The molecular formula is C32H34F4O2. The molecule has 6 heteroatoms. The maximum Gasteiger partial charge on any atom is 0.186 e. The van der Waals surface area contributed by atoms with Gasteiger partial charge in [-0.15, -0.1) is 0 Å². The highest BCUT2D eigenvalue weighted by Crippen LogP contribution is 2.35. The lowest BCUT2D eigenvalue weighted by Gasteiger charge is -2.29. The minimum absolute atomic E-state index is 0.0198. The Morgan fingerprint density at radius 2 is 1.37 bits per heavy atom. The van der Waals surface area contributed by atoms with Crippen molar-refractivity contribution in [2.75, 3.05) is 13.2 Å². The molecule has 1 saturated heterocycles. The van der Waals surface area contributed by atoms with Gasteiger partial charge in [-0.1, -0.05) is 80.4 Å². The zero-order valence-electron chi connectivity index (χ0n) is 21.9. The van der Waals surface area contributed by atoms with Gasteiger partial charge in [-0.05, 0) is 49.3 Å². The lowest BCUT2D eigenvalue weighted by molar-refractivity contribution is -0.207. The fourth-order valence-corrected chi connectivity index (χ4v) is 4.76. The van der Waals surface area contributed by atoms with E-state index < -0.39 is 29.6 Å². The lowest BCUT2D eigenvalue weighted by Crippen LogP contribution is -2.27. The first kappa shape index (κ1) is 28.1. The van der Waals surface area contributed by atoms with Crippen LogP contribution in [0.5, 0.6) is 0 Å². The summed E-state index contributed by atoms with van der Waals surface area (Å²) in [6.07, 6.45) is 8.19. The summed E-state index contributed by atoms with van der Waals surface area (Å²) in [5.74, 6) is -3.54. The molecule has 0 amide bonds. The molecule has 1 aliphatic rings. The second-order valence-corrected chi connectivity index (χ2v) is 9.78. The predicted octanol–water partition coefficient (Wildman–Crippen LogP) is 9.33. The van der Waals surface area contributed by atoms with Gasteiger partial charge >= 0.3 is 0 Å². The van der Waals surface area contributed by atoms with Crippen LogP contribution in [0.15, 0.2) is 60.7 Å². The van der Waals surface area contributed by atoms with Crippen LogP contribution in [-0.2, 0) is 15.9 Å². The van der Waals surface area contributed by atoms with Gasteiger partial charge < -0.3 is 9.47 Å². The van der Waals surface area contributed by atoms with Crippen LogP contribution in [0.25, 0.3) is 22.3 Å². The van der Waals surface area contributed by atoms with E-state index in [1.165, 1.54) is 12.1 Å². The van der Waals surface area contributed by atoms with Gasteiger partial charge in [0.05, 0.1) is 13.2 Å². The van der Waals surface area contributed by atoms with E-state index >= 15 is 8.78 Å². The first-order chi connectivity index (χ1) is 18.4. The number of benzene rings is 3. The fourth-order valence-electron chi connectivity index (χ4n) is 4.76. The van der Waals surface area contributed by atoms with Crippen molar-refractivity contribution in [2.24, 2.45) is 5.92 Å². The minimum atomic E-state index is -1.02. The summed E-state index contributed by atoms with van der Waals surface area (Å²) >= 11 is 0. The molecule has 1 fully saturated rings. The molecular weight excluding hydrogens is 492 g/mol. The molecule has 4 rings (SSSR count). The molecule has 0 radical (unpaired) electrons. The number of allylic oxidation sites excluding steroid dienone is 2. The van der Waals surface area contributed by atoms with E-state index in [1.807, 2.05) is 13.0 Å². The van der Waals surface area contributed by atoms with Crippen LogP contribution in [0.3, 0.4) is 0 Å². The second-order valence-electron chi connectivity index (χ2n) is 9.78. The molecule has 0 bridgehead atoms. The quantitative estimate of drug-likeness (QED) is 0.149. The third-order valence-corrected chi connectivity index (χ3v) is 7.03. The average molecular weight is 527 g/mol. The van der Waals surface area contributed by atoms with Crippen molar-refractivity contribution < 1.29 is 27.0 Å². The lowest BCUT2D eigenvalue weighted by atomic mass is 9.96. The highest BCUT2D eigenvalue weighted by Gasteiger charge is 2.28. The number of aryl methyl sites for hydroxylation is 1. The van der Waals surface area contributed by atoms with Crippen LogP contribution in [0, 0.1) is 29.2 Å². The highest BCUT2D eigenvalue weighted by atomic mass is 19.2. The summed E-state index contributed by atoms with van der Waals surface area (Å²) in [7, 11) is 0. The third kappa shape index (κ3) is 6.36. The molecule has 38 heavy (non-hydrogen) atoms. The van der Waals surface area contributed by atoms with E-state index in [1.54, 1.807) is 36.4 Å². The SMILES string of the molecule is C/C=C/CCC1COC(c2ccc(-c3ccc(-c4ccc(CCCCC)c(F)c4F)cc3)c(F)c2F)OC1. The third-order valence-electron chi connectivity index (χ3n) is 7.03. The smallest absolute Gasteiger partial charge is 0.186 e. The first-order valence-electron chi connectivity index (χ1n) is 13.3. The van der Waals surface area contributed by atoms with Crippen molar-refractivity contribution in [3.63, 3.8) is 0 Å². The number of hydrogen-bond donors (Lipinski definition) is 0. The Morgan fingerprint density at radius 3 is 1.97 bits per heavy atom. The molecule has 1 aliphatic heterocycles. The number of rotatable bonds is 10. The van der Waals surface area contributed by atoms with E-state index in [9.17, 15) is 8.78 Å². The van der Waals surface area contributed by atoms with Crippen LogP contribution in [0.2, 0.25) is 0 Å².